The van der Waals surface area contributed by atoms with Gasteiger partial charge in [-0.3, -0.25) is 0 Å². The summed E-state index contributed by atoms with van der Waals surface area (Å²) in [6.07, 6.45) is 0. The van der Waals surface area contributed by atoms with Crippen LogP contribution >= 0.6 is 27.7 Å². The molecule has 0 aromatic heterocycles. The molecule has 0 saturated carbocycles. The van der Waals surface area contributed by atoms with Crippen molar-refractivity contribution >= 4 is 33.4 Å². The van der Waals surface area contributed by atoms with Crippen molar-refractivity contribution in [3.05, 3.63) is 57.6 Å². The van der Waals surface area contributed by atoms with Crippen molar-refractivity contribution in [2.45, 2.75) is 24.5 Å². The summed E-state index contributed by atoms with van der Waals surface area (Å²) < 4.78 is 1.07. The Bertz CT molecular complexity index is 546. The second-order valence-electron chi connectivity index (χ2n) is 4.35. The number of benzene rings is 2. The molecule has 0 heterocycles. The highest BCUT2D eigenvalue weighted by molar-refractivity contribution is 9.10. The summed E-state index contributed by atoms with van der Waals surface area (Å²) in [4.78, 5) is 1.23. The van der Waals surface area contributed by atoms with Gasteiger partial charge in [0.05, 0.1) is 0 Å². The predicted octanol–water partition coefficient (Wildman–Crippen LogP) is 4.94. The lowest BCUT2D eigenvalue weighted by Crippen LogP contribution is -1.91. The fourth-order valence-electron chi connectivity index (χ4n) is 1.86. The maximum atomic E-state index is 5.74. The molecule has 0 fully saturated rings. The van der Waals surface area contributed by atoms with Crippen molar-refractivity contribution in [3.63, 3.8) is 0 Å². The Morgan fingerprint density at radius 3 is 2.39 bits per heavy atom. The molecule has 0 aliphatic carbocycles. The minimum Gasteiger partial charge on any atom is -0.399 e. The van der Waals surface area contributed by atoms with Crippen LogP contribution in [0.4, 0.5) is 5.69 Å². The third-order valence-corrected chi connectivity index (χ3v) is 4.99. The third kappa shape index (κ3) is 3.09. The van der Waals surface area contributed by atoms with E-state index in [-0.39, 0.29) is 0 Å². The molecular formula is C15H16BrNS. The van der Waals surface area contributed by atoms with E-state index in [4.69, 9.17) is 5.73 Å². The highest BCUT2D eigenvalue weighted by Gasteiger charge is 2.05. The number of rotatable bonds is 3. The number of hydrogen-bond donors (Lipinski definition) is 1. The first-order valence-electron chi connectivity index (χ1n) is 5.81. The number of aryl methyl sites for hydroxylation is 2. The third-order valence-electron chi connectivity index (χ3n) is 2.97. The Balaban J connectivity index is 2.16. The van der Waals surface area contributed by atoms with Crippen molar-refractivity contribution in [1.82, 2.24) is 0 Å². The predicted molar refractivity (Wildman–Crippen MR) is 84.0 cm³/mol. The molecule has 0 saturated heterocycles. The van der Waals surface area contributed by atoms with E-state index in [9.17, 15) is 0 Å². The Kier molecular flexibility index (Phi) is 4.36. The van der Waals surface area contributed by atoms with E-state index < -0.39 is 0 Å². The molecule has 0 bridgehead atoms. The van der Waals surface area contributed by atoms with Gasteiger partial charge in [-0.25, -0.2) is 0 Å². The molecule has 0 unspecified atom stereocenters. The Morgan fingerprint density at radius 1 is 1.11 bits per heavy atom. The van der Waals surface area contributed by atoms with Crippen LogP contribution < -0.4 is 5.73 Å². The minimum atomic E-state index is 0.790. The lowest BCUT2D eigenvalue weighted by Gasteiger charge is -2.10. The molecular weight excluding hydrogens is 306 g/mol. The van der Waals surface area contributed by atoms with Gasteiger partial charge in [-0.1, -0.05) is 18.2 Å². The average molecular weight is 322 g/mol. The summed E-state index contributed by atoms with van der Waals surface area (Å²) in [6.45, 7) is 4.34. The van der Waals surface area contributed by atoms with Crippen LogP contribution in [0.25, 0.3) is 0 Å². The van der Waals surface area contributed by atoms with Gasteiger partial charge in [-0.15, -0.1) is 11.8 Å². The molecule has 0 atom stereocenters. The van der Waals surface area contributed by atoms with Crippen molar-refractivity contribution in [2.75, 3.05) is 5.73 Å². The first-order chi connectivity index (χ1) is 8.58. The largest absolute Gasteiger partial charge is 0.399 e. The highest BCUT2D eigenvalue weighted by atomic mass is 79.9. The second kappa shape index (κ2) is 5.81. The molecule has 3 heteroatoms. The zero-order chi connectivity index (χ0) is 13.1. The smallest absolute Gasteiger partial charge is 0.0331 e. The second-order valence-corrected chi connectivity index (χ2v) is 6.22. The normalized spacial score (nSPS) is 10.6. The molecule has 18 heavy (non-hydrogen) atoms. The van der Waals surface area contributed by atoms with Crippen LogP contribution in [0.3, 0.4) is 0 Å². The van der Waals surface area contributed by atoms with Crippen LogP contribution in [-0.2, 0) is 5.75 Å². The molecule has 0 radical (unpaired) electrons. The van der Waals surface area contributed by atoms with Gasteiger partial charge in [0, 0.05) is 20.8 Å². The average Bonchev–Trinajstić information content (AvgIpc) is 2.31. The number of halogens is 1. The molecule has 0 spiro atoms. The number of hydrogen-bond acceptors (Lipinski definition) is 2. The molecule has 2 aromatic rings. The maximum Gasteiger partial charge on any atom is 0.0331 e. The zero-order valence-corrected chi connectivity index (χ0v) is 12.9. The van der Waals surface area contributed by atoms with E-state index >= 15 is 0 Å². The molecule has 2 N–H and O–H groups in total. The monoisotopic (exact) mass is 321 g/mol. The molecule has 0 aliphatic heterocycles. The number of nitrogen functional groups attached to an aromatic ring is 1. The lowest BCUT2D eigenvalue weighted by molar-refractivity contribution is 1.23. The van der Waals surface area contributed by atoms with Crippen LogP contribution in [0.5, 0.6) is 0 Å². The van der Waals surface area contributed by atoms with E-state index in [1.54, 1.807) is 0 Å². The van der Waals surface area contributed by atoms with Crippen molar-refractivity contribution in [2.24, 2.45) is 0 Å². The van der Waals surface area contributed by atoms with Crippen LogP contribution in [0, 0.1) is 13.8 Å². The van der Waals surface area contributed by atoms with Crippen molar-refractivity contribution < 1.29 is 0 Å². The minimum absolute atomic E-state index is 0.790. The van der Waals surface area contributed by atoms with Crippen LogP contribution in [-0.4, -0.2) is 0 Å². The molecule has 0 amide bonds. The summed E-state index contributed by atoms with van der Waals surface area (Å²) in [6, 6.07) is 12.4. The van der Waals surface area contributed by atoms with Crippen molar-refractivity contribution in [3.8, 4) is 0 Å². The van der Waals surface area contributed by atoms with E-state index in [0.717, 1.165) is 15.9 Å². The van der Waals surface area contributed by atoms with Gasteiger partial charge in [-0.05, 0) is 64.7 Å². The van der Waals surface area contributed by atoms with Gasteiger partial charge in [-0.2, -0.15) is 0 Å². The summed E-state index contributed by atoms with van der Waals surface area (Å²) in [5, 5.41) is 0. The highest BCUT2D eigenvalue weighted by Crippen LogP contribution is 2.32. The Labute approximate surface area is 121 Å². The van der Waals surface area contributed by atoms with Crippen LogP contribution in [0.15, 0.2) is 45.8 Å². The SMILES string of the molecule is Cc1cccc(C)c1CSc1ccc(N)cc1Br. The fraction of sp³-hybridized carbons (Fsp3) is 0.200. The van der Waals surface area contributed by atoms with Gasteiger partial charge in [0.1, 0.15) is 0 Å². The Hall–Kier alpha value is -0.930. The van der Waals surface area contributed by atoms with E-state index in [1.165, 1.54) is 21.6 Å². The van der Waals surface area contributed by atoms with E-state index in [2.05, 4.69) is 54.0 Å². The van der Waals surface area contributed by atoms with Crippen LogP contribution in [0.2, 0.25) is 0 Å². The maximum absolute atomic E-state index is 5.74. The van der Waals surface area contributed by atoms with Gasteiger partial charge in [0.25, 0.3) is 0 Å². The number of thioether (sulfide) groups is 1. The van der Waals surface area contributed by atoms with Crippen LogP contribution in [0.1, 0.15) is 16.7 Å². The van der Waals surface area contributed by atoms with Gasteiger partial charge in [0.15, 0.2) is 0 Å². The van der Waals surface area contributed by atoms with Gasteiger partial charge in [0.2, 0.25) is 0 Å². The molecule has 1 nitrogen and oxygen atoms in total. The van der Waals surface area contributed by atoms with Crippen molar-refractivity contribution in [1.29, 1.82) is 0 Å². The first-order valence-corrected chi connectivity index (χ1v) is 7.58. The molecule has 94 valence electrons. The Morgan fingerprint density at radius 2 is 1.78 bits per heavy atom. The van der Waals surface area contributed by atoms with Gasteiger partial charge >= 0.3 is 0 Å². The summed E-state index contributed by atoms with van der Waals surface area (Å²) in [5.41, 5.74) is 10.7. The first kappa shape index (κ1) is 13.5. The summed E-state index contributed by atoms with van der Waals surface area (Å²) in [7, 11) is 0. The summed E-state index contributed by atoms with van der Waals surface area (Å²) >= 11 is 5.39. The summed E-state index contributed by atoms with van der Waals surface area (Å²) in [5.74, 6) is 0.987. The number of anilines is 1. The topological polar surface area (TPSA) is 26.0 Å². The molecule has 2 rings (SSSR count). The lowest BCUT2D eigenvalue weighted by atomic mass is 10.1. The zero-order valence-electron chi connectivity index (χ0n) is 10.5. The van der Waals surface area contributed by atoms with E-state index in [1.807, 2.05) is 23.9 Å². The quantitative estimate of drug-likeness (QED) is 0.640. The molecule has 2 aromatic carbocycles. The fourth-order valence-corrected chi connectivity index (χ4v) is 3.72. The van der Waals surface area contributed by atoms with Gasteiger partial charge < -0.3 is 5.73 Å². The van der Waals surface area contributed by atoms with E-state index in [0.29, 0.717) is 0 Å². The standard InChI is InChI=1S/C15H16BrNS/c1-10-4-3-5-11(2)13(10)9-18-15-7-6-12(17)8-14(15)16/h3-8H,9,17H2,1-2H3. The number of nitrogens with two attached hydrogens (primary N) is 1. The molecule has 0 aliphatic rings.